The summed E-state index contributed by atoms with van der Waals surface area (Å²) in [5, 5.41) is 3.73. The third kappa shape index (κ3) is 1.50. The predicted octanol–water partition coefficient (Wildman–Crippen LogP) is 1.44. The average molecular weight is 188 g/mol. The number of rotatable bonds is 2. The van der Waals surface area contributed by atoms with Crippen LogP contribution in [-0.2, 0) is 0 Å². The lowest BCUT2D eigenvalue weighted by Gasteiger charge is -1.90. The molecule has 4 heteroatoms. The van der Waals surface area contributed by atoms with Crippen molar-refractivity contribution in [1.29, 1.82) is 0 Å². The number of carbonyl (C=O) groups excluding carboxylic acids is 1. The predicted molar refractivity (Wildman–Crippen MR) is 50.5 cm³/mol. The van der Waals surface area contributed by atoms with Crippen LogP contribution in [0, 0.1) is 0 Å². The number of benzene rings is 1. The molecule has 0 unspecified atom stereocenters. The Labute approximate surface area is 80.3 Å². The van der Waals surface area contributed by atoms with E-state index in [2.05, 4.69) is 5.16 Å². The molecule has 0 aliphatic rings. The van der Waals surface area contributed by atoms with Gasteiger partial charge in [0.25, 0.3) is 5.91 Å². The zero-order valence-corrected chi connectivity index (χ0v) is 7.31. The summed E-state index contributed by atoms with van der Waals surface area (Å²) < 4.78 is 4.76. The summed E-state index contributed by atoms with van der Waals surface area (Å²) in [6.45, 7) is 0. The lowest BCUT2D eigenvalue weighted by molar-refractivity contribution is 0.0965. The highest BCUT2D eigenvalue weighted by molar-refractivity contribution is 5.90. The van der Waals surface area contributed by atoms with Crippen LogP contribution in [0.25, 0.3) is 11.3 Å². The van der Waals surface area contributed by atoms with Gasteiger partial charge in [-0.2, -0.15) is 0 Å². The summed E-state index contributed by atoms with van der Waals surface area (Å²) >= 11 is 0. The Balaban J connectivity index is 2.39. The first kappa shape index (κ1) is 8.50. The smallest absolute Gasteiger partial charge is 0.287 e. The van der Waals surface area contributed by atoms with Crippen molar-refractivity contribution in [3.05, 3.63) is 42.2 Å². The fraction of sp³-hybridized carbons (Fsp3) is 0. The Morgan fingerprint density at radius 2 is 2.00 bits per heavy atom. The first-order valence-corrected chi connectivity index (χ1v) is 4.09. The Morgan fingerprint density at radius 3 is 2.57 bits per heavy atom. The molecule has 70 valence electrons. The molecule has 0 saturated heterocycles. The number of hydrogen-bond donors (Lipinski definition) is 1. The molecule has 4 nitrogen and oxygen atoms in total. The summed E-state index contributed by atoms with van der Waals surface area (Å²) in [4.78, 5) is 10.7. The van der Waals surface area contributed by atoms with Gasteiger partial charge in [0.05, 0.1) is 0 Å². The van der Waals surface area contributed by atoms with Gasteiger partial charge in [0.1, 0.15) is 5.69 Å². The summed E-state index contributed by atoms with van der Waals surface area (Å²) in [6.07, 6.45) is 0. The van der Waals surface area contributed by atoms with Crippen LogP contribution in [0.1, 0.15) is 10.6 Å². The lowest BCUT2D eigenvalue weighted by atomic mass is 10.1. The number of hydrogen-bond acceptors (Lipinski definition) is 3. The second-order valence-corrected chi connectivity index (χ2v) is 2.81. The van der Waals surface area contributed by atoms with Crippen molar-refractivity contribution in [2.24, 2.45) is 5.73 Å². The van der Waals surface area contributed by atoms with Gasteiger partial charge in [-0.3, -0.25) is 4.79 Å². The van der Waals surface area contributed by atoms with E-state index in [4.69, 9.17) is 10.3 Å². The van der Waals surface area contributed by atoms with E-state index < -0.39 is 5.91 Å². The Bertz CT molecular complexity index is 448. The molecule has 0 aliphatic carbocycles. The van der Waals surface area contributed by atoms with Crippen LogP contribution >= 0.6 is 0 Å². The zero-order chi connectivity index (χ0) is 9.97. The van der Waals surface area contributed by atoms with Crippen molar-refractivity contribution in [3.8, 4) is 11.3 Å². The highest BCUT2D eigenvalue weighted by Gasteiger charge is 2.09. The number of nitrogens with zero attached hydrogens (tertiary/aromatic N) is 1. The van der Waals surface area contributed by atoms with E-state index in [1.807, 2.05) is 30.3 Å². The molecule has 2 N–H and O–H groups in total. The Kier molecular flexibility index (Phi) is 2.02. The summed E-state index contributed by atoms with van der Waals surface area (Å²) in [5.41, 5.74) is 6.54. The van der Waals surface area contributed by atoms with Gasteiger partial charge in [-0.1, -0.05) is 35.5 Å². The van der Waals surface area contributed by atoms with Gasteiger partial charge < -0.3 is 10.3 Å². The maximum Gasteiger partial charge on any atom is 0.287 e. The van der Waals surface area contributed by atoms with Crippen LogP contribution in [0.2, 0.25) is 0 Å². The largest absolute Gasteiger partial charge is 0.363 e. The molecule has 0 atom stereocenters. The van der Waals surface area contributed by atoms with Gasteiger partial charge in [-0.15, -0.1) is 0 Å². The van der Waals surface area contributed by atoms with Crippen LogP contribution in [0.3, 0.4) is 0 Å². The molecular formula is C10H8N2O2. The summed E-state index contributed by atoms with van der Waals surface area (Å²) in [5.74, 6) is -0.538. The molecule has 2 rings (SSSR count). The number of aromatic nitrogens is 1. The molecule has 0 spiro atoms. The average Bonchev–Trinajstić information content (AvgIpc) is 2.68. The van der Waals surface area contributed by atoms with Crippen LogP contribution in [0.5, 0.6) is 0 Å². The summed E-state index contributed by atoms with van der Waals surface area (Å²) in [6, 6.07) is 10.9. The van der Waals surface area contributed by atoms with Crippen LogP contribution in [-0.4, -0.2) is 11.1 Å². The first-order valence-electron chi connectivity index (χ1n) is 4.09. The molecule has 0 radical (unpaired) electrons. The second-order valence-electron chi connectivity index (χ2n) is 2.81. The standard InChI is InChI=1S/C10H8N2O2/c11-10(13)9-6-8(12-14-9)7-4-2-1-3-5-7/h1-6H,(H2,11,13). The van der Waals surface area contributed by atoms with Crippen LogP contribution in [0.4, 0.5) is 0 Å². The zero-order valence-electron chi connectivity index (χ0n) is 7.31. The topological polar surface area (TPSA) is 69.1 Å². The van der Waals surface area contributed by atoms with E-state index in [0.29, 0.717) is 5.69 Å². The van der Waals surface area contributed by atoms with Crippen molar-refractivity contribution in [2.45, 2.75) is 0 Å². The third-order valence-electron chi connectivity index (χ3n) is 1.82. The minimum atomic E-state index is -0.611. The van der Waals surface area contributed by atoms with E-state index in [9.17, 15) is 4.79 Å². The van der Waals surface area contributed by atoms with Crippen molar-refractivity contribution in [2.75, 3.05) is 0 Å². The van der Waals surface area contributed by atoms with Gasteiger partial charge in [0.15, 0.2) is 0 Å². The molecule has 0 bridgehead atoms. The molecule has 1 amide bonds. The lowest BCUT2D eigenvalue weighted by Crippen LogP contribution is -2.09. The van der Waals surface area contributed by atoms with Crippen molar-refractivity contribution in [1.82, 2.24) is 5.16 Å². The van der Waals surface area contributed by atoms with E-state index in [1.165, 1.54) is 6.07 Å². The summed E-state index contributed by atoms with van der Waals surface area (Å²) in [7, 11) is 0. The van der Waals surface area contributed by atoms with E-state index in [0.717, 1.165) is 5.56 Å². The molecule has 0 saturated carbocycles. The minimum absolute atomic E-state index is 0.0730. The van der Waals surface area contributed by atoms with Gasteiger partial charge >= 0.3 is 0 Å². The fourth-order valence-corrected chi connectivity index (χ4v) is 1.14. The fourth-order valence-electron chi connectivity index (χ4n) is 1.14. The SMILES string of the molecule is NC(=O)c1cc(-c2ccccc2)no1. The van der Waals surface area contributed by atoms with Crippen molar-refractivity contribution in [3.63, 3.8) is 0 Å². The Morgan fingerprint density at radius 1 is 1.29 bits per heavy atom. The number of nitrogens with two attached hydrogens (primary N) is 1. The molecular weight excluding hydrogens is 180 g/mol. The molecule has 2 aromatic rings. The number of carbonyl (C=O) groups is 1. The maximum atomic E-state index is 10.7. The Hall–Kier alpha value is -2.10. The molecule has 1 heterocycles. The molecule has 14 heavy (non-hydrogen) atoms. The monoisotopic (exact) mass is 188 g/mol. The van der Waals surface area contributed by atoms with E-state index >= 15 is 0 Å². The quantitative estimate of drug-likeness (QED) is 0.775. The molecule has 1 aromatic carbocycles. The van der Waals surface area contributed by atoms with Gasteiger partial charge in [0.2, 0.25) is 5.76 Å². The molecule has 0 aliphatic heterocycles. The normalized spacial score (nSPS) is 10.0. The van der Waals surface area contributed by atoms with Gasteiger partial charge in [0, 0.05) is 11.6 Å². The van der Waals surface area contributed by atoms with E-state index in [1.54, 1.807) is 0 Å². The van der Waals surface area contributed by atoms with Crippen molar-refractivity contribution < 1.29 is 9.32 Å². The van der Waals surface area contributed by atoms with Gasteiger partial charge in [-0.05, 0) is 0 Å². The van der Waals surface area contributed by atoms with Gasteiger partial charge in [-0.25, -0.2) is 0 Å². The molecule has 1 aromatic heterocycles. The van der Waals surface area contributed by atoms with Crippen LogP contribution < -0.4 is 5.73 Å². The first-order chi connectivity index (χ1) is 6.77. The van der Waals surface area contributed by atoms with E-state index in [-0.39, 0.29) is 5.76 Å². The maximum absolute atomic E-state index is 10.7. The number of primary amides is 1. The number of amides is 1. The molecule has 0 fully saturated rings. The second kappa shape index (κ2) is 3.33. The highest BCUT2D eigenvalue weighted by Crippen LogP contribution is 2.17. The van der Waals surface area contributed by atoms with Crippen molar-refractivity contribution >= 4 is 5.91 Å². The third-order valence-corrected chi connectivity index (χ3v) is 1.82. The minimum Gasteiger partial charge on any atom is -0.363 e. The highest BCUT2D eigenvalue weighted by atomic mass is 16.5. The van der Waals surface area contributed by atoms with Crippen LogP contribution in [0.15, 0.2) is 40.9 Å².